The molecule has 0 aromatic heterocycles. The molecule has 1 atom stereocenters. The molecule has 0 bridgehead atoms. The molecule has 0 saturated carbocycles. The van der Waals surface area contributed by atoms with Gasteiger partial charge >= 0.3 is 7.60 Å². The minimum Gasteiger partial charge on any atom is -0.324 e. The van der Waals surface area contributed by atoms with Gasteiger partial charge in [0.25, 0.3) is 0 Å². The first-order valence-corrected chi connectivity index (χ1v) is 22.1. The monoisotopic (exact) mass is 691 g/mol. The SMILES string of the molecule is CCCCCCCCCCCCCCCCCC[C](CCCCCCCCCCCCCCCCCC)C(Br)P(=O)(O)O. The molecule has 0 aromatic rings. The van der Waals surface area contributed by atoms with Crippen molar-refractivity contribution in [3.63, 3.8) is 0 Å². The van der Waals surface area contributed by atoms with Crippen molar-refractivity contribution < 1.29 is 14.4 Å². The van der Waals surface area contributed by atoms with Gasteiger partial charge in [0.1, 0.15) is 4.57 Å². The molecule has 0 aliphatic rings. The van der Waals surface area contributed by atoms with E-state index in [4.69, 9.17) is 0 Å². The summed E-state index contributed by atoms with van der Waals surface area (Å²) >= 11 is 3.36. The van der Waals surface area contributed by atoms with E-state index >= 15 is 0 Å². The first-order chi connectivity index (χ1) is 20.9. The number of halogens is 1. The van der Waals surface area contributed by atoms with Crippen LogP contribution in [0.3, 0.4) is 0 Å². The molecule has 0 aromatic carbocycles. The van der Waals surface area contributed by atoms with Crippen molar-refractivity contribution in [2.45, 2.75) is 237 Å². The first-order valence-electron chi connectivity index (χ1n) is 19.5. The molecule has 259 valence electrons. The van der Waals surface area contributed by atoms with Crippen LogP contribution in [0.4, 0.5) is 0 Å². The number of hydrogen-bond acceptors (Lipinski definition) is 1. The Labute approximate surface area is 279 Å². The number of hydrogen-bond donors (Lipinski definition) is 2. The van der Waals surface area contributed by atoms with Gasteiger partial charge < -0.3 is 9.79 Å². The summed E-state index contributed by atoms with van der Waals surface area (Å²) in [5.74, 6) is 1.05. The average Bonchev–Trinajstić information content (AvgIpc) is 2.98. The van der Waals surface area contributed by atoms with Crippen molar-refractivity contribution in [3.8, 4) is 0 Å². The Morgan fingerprint density at radius 1 is 0.419 bits per heavy atom. The first kappa shape index (κ1) is 43.6. The summed E-state index contributed by atoms with van der Waals surface area (Å²) in [6.07, 6.45) is 45.0. The van der Waals surface area contributed by atoms with E-state index < -0.39 is 12.2 Å². The topological polar surface area (TPSA) is 57.5 Å². The second kappa shape index (κ2) is 34.0. The third kappa shape index (κ3) is 32.4. The predicted octanol–water partition coefficient (Wildman–Crippen LogP) is 14.8. The van der Waals surface area contributed by atoms with Gasteiger partial charge in [0, 0.05) is 5.92 Å². The Balaban J connectivity index is 3.70. The van der Waals surface area contributed by atoms with Crippen LogP contribution in [0.15, 0.2) is 0 Å². The van der Waals surface area contributed by atoms with Gasteiger partial charge in [-0.2, -0.15) is 0 Å². The van der Waals surface area contributed by atoms with E-state index in [-0.39, 0.29) is 0 Å². The molecule has 43 heavy (non-hydrogen) atoms. The van der Waals surface area contributed by atoms with E-state index in [0.29, 0.717) is 0 Å². The molecule has 0 saturated heterocycles. The van der Waals surface area contributed by atoms with Crippen LogP contribution in [0.2, 0.25) is 0 Å². The highest BCUT2D eigenvalue weighted by atomic mass is 79.9. The zero-order valence-electron chi connectivity index (χ0n) is 29.2. The second-order valence-electron chi connectivity index (χ2n) is 13.7. The van der Waals surface area contributed by atoms with Gasteiger partial charge in [0.05, 0.1) is 0 Å². The molecule has 0 fully saturated rings. The number of rotatable bonds is 36. The summed E-state index contributed by atoms with van der Waals surface area (Å²) in [6, 6.07) is 0. The fourth-order valence-electron chi connectivity index (χ4n) is 6.40. The van der Waals surface area contributed by atoms with Crippen molar-refractivity contribution in [3.05, 3.63) is 5.92 Å². The predicted molar refractivity (Wildman–Crippen MR) is 196 cm³/mol. The smallest absolute Gasteiger partial charge is 0.324 e. The molecule has 1 unspecified atom stereocenters. The average molecular weight is 693 g/mol. The molecule has 0 rings (SSSR count). The second-order valence-corrected chi connectivity index (χ2v) is 17.0. The number of unbranched alkanes of at least 4 members (excludes halogenated alkanes) is 30. The van der Waals surface area contributed by atoms with Crippen molar-refractivity contribution in [2.24, 2.45) is 0 Å². The third-order valence-corrected chi connectivity index (χ3v) is 12.5. The van der Waals surface area contributed by atoms with E-state index in [0.717, 1.165) is 31.6 Å². The normalized spacial score (nSPS) is 12.9. The van der Waals surface area contributed by atoms with Gasteiger partial charge in [-0.15, -0.1) is 0 Å². The lowest BCUT2D eigenvalue weighted by Crippen LogP contribution is -2.13. The fourth-order valence-corrected chi connectivity index (χ4v) is 7.59. The van der Waals surface area contributed by atoms with E-state index in [1.807, 2.05) is 0 Å². The maximum absolute atomic E-state index is 11.9. The molecule has 0 aliphatic carbocycles. The molecule has 5 heteroatoms. The molecule has 1 radical (unpaired) electrons. The van der Waals surface area contributed by atoms with Gasteiger partial charge in [-0.05, 0) is 12.8 Å². The molecule has 2 N–H and O–H groups in total. The zero-order chi connectivity index (χ0) is 31.7. The molecule has 0 amide bonds. The van der Waals surface area contributed by atoms with E-state index in [1.165, 1.54) is 193 Å². The standard InChI is InChI=1S/C38H77BrO3P/c1-3-5-7-9-11-13-15-17-19-21-23-25-27-29-31-33-35-37(38(39)43(40,41)42)36-34-32-30-28-26-24-22-20-18-16-14-12-10-8-6-4-2/h38H,3-36H2,1-2H3,(H2,40,41,42). The molecule has 0 aliphatic heterocycles. The minimum absolute atomic E-state index is 0.757. The van der Waals surface area contributed by atoms with Crippen molar-refractivity contribution in [1.29, 1.82) is 0 Å². The van der Waals surface area contributed by atoms with Crippen LogP contribution in [0, 0.1) is 5.92 Å². The molecular weight excluding hydrogens is 615 g/mol. The van der Waals surface area contributed by atoms with Crippen LogP contribution < -0.4 is 0 Å². The Hall–Kier alpha value is 0.630. The maximum Gasteiger partial charge on any atom is 0.339 e. The highest BCUT2D eigenvalue weighted by Gasteiger charge is 2.33. The van der Waals surface area contributed by atoms with E-state index in [2.05, 4.69) is 29.8 Å². The van der Waals surface area contributed by atoms with Gasteiger partial charge in [-0.3, -0.25) is 4.57 Å². The van der Waals surface area contributed by atoms with Crippen LogP contribution in [0.1, 0.15) is 232 Å². The molecule has 0 heterocycles. The Morgan fingerprint density at radius 2 is 0.605 bits per heavy atom. The largest absolute Gasteiger partial charge is 0.339 e. The van der Waals surface area contributed by atoms with Crippen molar-refractivity contribution in [2.75, 3.05) is 0 Å². The summed E-state index contributed by atoms with van der Waals surface area (Å²) < 4.78 is 11.2. The highest BCUT2D eigenvalue weighted by molar-refractivity contribution is 9.10. The fraction of sp³-hybridized carbons (Fsp3) is 0.974. The van der Waals surface area contributed by atoms with Gasteiger partial charge in [0.2, 0.25) is 0 Å². The lowest BCUT2D eigenvalue weighted by atomic mass is 9.95. The van der Waals surface area contributed by atoms with E-state index in [9.17, 15) is 14.4 Å². The minimum atomic E-state index is -4.12. The number of alkyl halides is 1. The zero-order valence-corrected chi connectivity index (χ0v) is 31.7. The molecular formula is C38H77BrO3P. The lowest BCUT2D eigenvalue weighted by molar-refractivity contribution is 0.368. The molecule has 3 nitrogen and oxygen atoms in total. The summed E-state index contributed by atoms with van der Waals surface area (Å²) in [6.45, 7) is 4.57. The quantitative estimate of drug-likeness (QED) is 0.0390. The van der Waals surface area contributed by atoms with E-state index in [1.54, 1.807) is 0 Å². The summed E-state index contributed by atoms with van der Waals surface area (Å²) in [5, 5.41) is 0. The lowest BCUT2D eigenvalue weighted by Gasteiger charge is -2.23. The van der Waals surface area contributed by atoms with Gasteiger partial charge in [-0.1, -0.05) is 235 Å². The summed E-state index contributed by atoms with van der Waals surface area (Å²) in [4.78, 5) is 19.5. The van der Waals surface area contributed by atoms with Gasteiger partial charge in [0.15, 0.2) is 0 Å². The van der Waals surface area contributed by atoms with Crippen molar-refractivity contribution >= 4 is 23.5 Å². The van der Waals surface area contributed by atoms with Crippen molar-refractivity contribution in [1.82, 2.24) is 0 Å². The third-order valence-electron chi connectivity index (χ3n) is 9.34. The van der Waals surface area contributed by atoms with Crippen LogP contribution in [0.5, 0.6) is 0 Å². The Morgan fingerprint density at radius 3 is 0.791 bits per heavy atom. The Kier molecular flexibility index (Phi) is 34.5. The van der Waals surface area contributed by atoms with Crippen LogP contribution in [-0.4, -0.2) is 14.4 Å². The van der Waals surface area contributed by atoms with Gasteiger partial charge in [-0.25, -0.2) is 0 Å². The molecule has 0 spiro atoms. The highest BCUT2D eigenvalue weighted by Crippen LogP contribution is 2.51. The van der Waals surface area contributed by atoms with Crippen LogP contribution in [-0.2, 0) is 4.57 Å². The van der Waals surface area contributed by atoms with Crippen LogP contribution >= 0.6 is 23.5 Å². The maximum atomic E-state index is 11.9. The summed E-state index contributed by atoms with van der Waals surface area (Å²) in [5.41, 5.74) is 0. The van der Waals surface area contributed by atoms with Crippen LogP contribution in [0.25, 0.3) is 0 Å². The summed E-state index contributed by atoms with van der Waals surface area (Å²) in [7, 11) is -4.12. The Bertz CT molecular complexity index is 546.